The van der Waals surface area contributed by atoms with Crippen LogP contribution in [-0.4, -0.2) is 27.5 Å². The molecule has 0 atom stereocenters. The van der Waals surface area contributed by atoms with E-state index >= 15 is 0 Å². The number of nitrogens with zero attached hydrogens (tertiary/aromatic N) is 3. The molecule has 3 aromatic rings. The molecule has 1 amide bonds. The Morgan fingerprint density at radius 1 is 1.27 bits per heavy atom. The molecular formula is C20H20N4O2. The number of amides is 1. The van der Waals surface area contributed by atoms with E-state index < -0.39 is 0 Å². The lowest BCUT2D eigenvalue weighted by Crippen LogP contribution is -2.31. The molecule has 0 spiro atoms. The summed E-state index contributed by atoms with van der Waals surface area (Å²) >= 11 is 0. The van der Waals surface area contributed by atoms with Crippen LogP contribution in [0, 0.1) is 18.3 Å². The lowest BCUT2D eigenvalue weighted by Gasteiger charge is -2.21. The van der Waals surface area contributed by atoms with Crippen LogP contribution < -0.4 is 0 Å². The summed E-state index contributed by atoms with van der Waals surface area (Å²) < 4.78 is 5.57. The van der Waals surface area contributed by atoms with Crippen molar-refractivity contribution in [3.05, 3.63) is 65.0 Å². The molecule has 0 aliphatic carbocycles. The molecule has 2 heterocycles. The molecule has 2 aromatic heterocycles. The molecule has 0 aliphatic rings. The van der Waals surface area contributed by atoms with Crippen molar-refractivity contribution >= 4 is 5.91 Å². The molecule has 6 nitrogen and oxygen atoms in total. The number of benzene rings is 1. The predicted octanol–water partition coefficient (Wildman–Crippen LogP) is 3.90. The third kappa shape index (κ3) is 3.83. The second-order valence-electron chi connectivity index (χ2n) is 6.11. The highest BCUT2D eigenvalue weighted by Gasteiger charge is 2.19. The zero-order valence-electron chi connectivity index (χ0n) is 14.8. The first-order chi connectivity index (χ1) is 12.6. The van der Waals surface area contributed by atoms with Crippen LogP contribution >= 0.6 is 0 Å². The van der Waals surface area contributed by atoms with E-state index in [1.807, 2.05) is 38.1 Å². The molecule has 0 bridgehead atoms. The van der Waals surface area contributed by atoms with Gasteiger partial charge < -0.3 is 9.32 Å². The molecule has 1 aromatic carbocycles. The number of nitriles is 1. The molecule has 1 N–H and O–H groups in total. The molecule has 132 valence electrons. The molecule has 0 saturated carbocycles. The van der Waals surface area contributed by atoms with Gasteiger partial charge in [-0.2, -0.15) is 10.4 Å². The zero-order valence-corrected chi connectivity index (χ0v) is 14.8. The second kappa shape index (κ2) is 7.70. The Morgan fingerprint density at radius 2 is 2.04 bits per heavy atom. The third-order valence-electron chi connectivity index (χ3n) is 4.04. The van der Waals surface area contributed by atoms with Gasteiger partial charge in [-0.25, -0.2) is 0 Å². The van der Waals surface area contributed by atoms with Gasteiger partial charge in [0.1, 0.15) is 11.5 Å². The fourth-order valence-corrected chi connectivity index (χ4v) is 2.73. The zero-order chi connectivity index (χ0) is 18.5. The minimum atomic E-state index is -0.137. The lowest BCUT2D eigenvalue weighted by molar-refractivity contribution is 0.0737. The maximum absolute atomic E-state index is 12.9. The highest BCUT2D eigenvalue weighted by atomic mass is 16.3. The van der Waals surface area contributed by atoms with E-state index in [1.165, 1.54) is 0 Å². The monoisotopic (exact) mass is 348 g/mol. The van der Waals surface area contributed by atoms with Crippen molar-refractivity contribution in [1.29, 1.82) is 5.26 Å². The van der Waals surface area contributed by atoms with E-state index in [0.717, 1.165) is 17.7 Å². The maximum Gasteiger partial charge on any atom is 0.274 e. The van der Waals surface area contributed by atoms with Gasteiger partial charge in [-0.1, -0.05) is 19.1 Å². The van der Waals surface area contributed by atoms with Crippen LogP contribution in [-0.2, 0) is 6.54 Å². The molecule has 0 aliphatic heterocycles. The summed E-state index contributed by atoms with van der Waals surface area (Å²) in [6.07, 6.45) is 0.844. The number of aromatic nitrogens is 2. The summed E-state index contributed by atoms with van der Waals surface area (Å²) in [4.78, 5) is 14.6. The Balaban J connectivity index is 1.78. The van der Waals surface area contributed by atoms with Crippen molar-refractivity contribution in [2.45, 2.75) is 26.8 Å². The number of nitrogens with one attached hydrogen (secondary N) is 1. The SMILES string of the molecule is CCCN(Cc1ccc(C#N)cc1)C(=O)c1cc(-c2ccc(C)o2)[nH]n1. The third-order valence-corrected chi connectivity index (χ3v) is 4.04. The van der Waals surface area contributed by atoms with Crippen LogP contribution in [0.4, 0.5) is 0 Å². The topological polar surface area (TPSA) is 85.9 Å². The van der Waals surface area contributed by atoms with Crippen LogP contribution in [0.5, 0.6) is 0 Å². The quantitative estimate of drug-likeness (QED) is 0.732. The Bertz CT molecular complexity index is 931. The molecule has 0 unspecified atom stereocenters. The van der Waals surface area contributed by atoms with E-state index in [2.05, 4.69) is 16.3 Å². The molecule has 3 rings (SSSR count). The molecule has 0 radical (unpaired) electrons. The lowest BCUT2D eigenvalue weighted by atomic mass is 10.1. The number of H-pyrrole nitrogens is 1. The summed E-state index contributed by atoms with van der Waals surface area (Å²) in [6.45, 7) is 4.99. The highest BCUT2D eigenvalue weighted by Crippen LogP contribution is 2.21. The summed E-state index contributed by atoms with van der Waals surface area (Å²) in [5.41, 5.74) is 2.61. The van der Waals surface area contributed by atoms with Gasteiger partial charge in [0.15, 0.2) is 11.5 Å². The number of aromatic amines is 1. The normalized spacial score (nSPS) is 10.5. The molecule has 6 heteroatoms. The van der Waals surface area contributed by atoms with Gasteiger partial charge in [0.25, 0.3) is 5.91 Å². The van der Waals surface area contributed by atoms with Crippen molar-refractivity contribution in [3.63, 3.8) is 0 Å². The van der Waals surface area contributed by atoms with Crippen LogP contribution in [0.1, 0.15) is 40.7 Å². The van der Waals surface area contributed by atoms with Crippen LogP contribution in [0.2, 0.25) is 0 Å². The minimum Gasteiger partial charge on any atom is -0.460 e. The van der Waals surface area contributed by atoms with Gasteiger partial charge in [-0.05, 0) is 43.2 Å². The van der Waals surface area contributed by atoms with E-state index in [4.69, 9.17) is 9.68 Å². The summed E-state index contributed by atoms with van der Waals surface area (Å²) in [5, 5.41) is 15.9. The first-order valence-electron chi connectivity index (χ1n) is 8.51. The van der Waals surface area contributed by atoms with Crippen LogP contribution in [0.25, 0.3) is 11.5 Å². The number of hydrogen-bond acceptors (Lipinski definition) is 4. The van der Waals surface area contributed by atoms with Crippen molar-refractivity contribution in [3.8, 4) is 17.5 Å². The van der Waals surface area contributed by atoms with E-state index in [-0.39, 0.29) is 5.91 Å². The van der Waals surface area contributed by atoms with Crippen molar-refractivity contribution in [2.75, 3.05) is 6.54 Å². The van der Waals surface area contributed by atoms with E-state index in [0.29, 0.717) is 35.8 Å². The van der Waals surface area contributed by atoms with Gasteiger partial charge >= 0.3 is 0 Å². The molecule has 0 fully saturated rings. The fourth-order valence-electron chi connectivity index (χ4n) is 2.73. The Labute approximate surface area is 152 Å². The molecular weight excluding hydrogens is 328 g/mol. The van der Waals surface area contributed by atoms with Gasteiger partial charge in [-0.3, -0.25) is 9.89 Å². The number of aryl methyl sites for hydroxylation is 1. The second-order valence-corrected chi connectivity index (χ2v) is 6.11. The number of furan rings is 1. The fraction of sp³-hybridized carbons (Fsp3) is 0.250. The summed E-state index contributed by atoms with van der Waals surface area (Å²) in [5.74, 6) is 1.32. The Kier molecular flexibility index (Phi) is 5.18. The highest BCUT2D eigenvalue weighted by molar-refractivity contribution is 5.93. The minimum absolute atomic E-state index is 0.137. The number of hydrogen-bond donors (Lipinski definition) is 1. The van der Waals surface area contributed by atoms with Gasteiger partial charge in [0, 0.05) is 19.2 Å². The molecule has 26 heavy (non-hydrogen) atoms. The number of rotatable bonds is 6. The Hall–Kier alpha value is -3.33. The maximum atomic E-state index is 12.9. The van der Waals surface area contributed by atoms with Gasteiger partial charge in [0.2, 0.25) is 0 Å². The predicted molar refractivity (Wildman–Crippen MR) is 97.2 cm³/mol. The average Bonchev–Trinajstić information content (AvgIpc) is 3.30. The van der Waals surface area contributed by atoms with Crippen molar-refractivity contribution < 1.29 is 9.21 Å². The standard InChI is InChI=1S/C20H20N4O2/c1-3-10-24(13-16-7-5-15(12-21)6-8-16)20(25)18-11-17(22-23-18)19-9-4-14(2)26-19/h4-9,11H,3,10,13H2,1-2H3,(H,22,23). The summed E-state index contributed by atoms with van der Waals surface area (Å²) in [6, 6.07) is 14.8. The van der Waals surface area contributed by atoms with Crippen molar-refractivity contribution in [2.24, 2.45) is 0 Å². The van der Waals surface area contributed by atoms with E-state index in [1.54, 1.807) is 23.1 Å². The molecule has 0 saturated heterocycles. The average molecular weight is 348 g/mol. The van der Waals surface area contributed by atoms with E-state index in [9.17, 15) is 4.79 Å². The van der Waals surface area contributed by atoms with Crippen molar-refractivity contribution in [1.82, 2.24) is 15.1 Å². The van der Waals surface area contributed by atoms with Crippen LogP contribution in [0.15, 0.2) is 46.9 Å². The largest absolute Gasteiger partial charge is 0.460 e. The first kappa shape index (κ1) is 17.5. The van der Waals surface area contributed by atoms with Gasteiger partial charge in [0.05, 0.1) is 11.6 Å². The first-order valence-corrected chi connectivity index (χ1v) is 8.51. The Morgan fingerprint density at radius 3 is 2.65 bits per heavy atom. The summed E-state index contributed by atoms with van der Waals surface area (Å²) in [7, 11) is 0. The smallest absolute Gasteiger partial charge is 0.274 e. The number of carbonyl (C=O) groups is 1. The number of carbonyl (C=O) groups excluding carboxylic acids is 1. The van der Waals surface area contributed by atoms with Gasteiger partial charge in [-0.15, -0.1) is 0 Å². The van der Waals surface area contributed by atoms with Crippen LogP contribution in [0.3, 0.4) is 0 Å².